The molecule has 0 fully saturated rings. The predicted octanol–water partition coefficient (Wildman–Crippen LogP) is 2.31. The average Bonchev–Trinajstić information content (AvgIpc) is 2.51. The van der Waals surface area contributed by atoms with Gasteiger partial charge in [0, 0.05) is 25.6 Å². The van der Waals surface area contributed by atoms with Crippen molar-refractivity contribution in [3.63, 3.8) is 0 Å². The number of hydrogen-bond donors (Lipinski definition) is 2. The van der Waals surface area contributed by atoms with Crippen LogP contribution in [0.25, 0.3) is 10.8 Å². The van der Waals surface area contributed by atoms with E-state index in [-0.39, 0.29) is 19.2 Å². The van der Waals surface area contributed by atoms with E-state index >= 15 is 0 Å². The molecule has 2 aromatic carbocycles. The van der Waals surface area contributed by atoms with Crippen LogP contribution in [0.4, 0.5) is 10.5 Å². The molecule has 2 aromatic rings. The van der Waals surface area contributed by atoms with E-state index in [0.717, 1.165) is 16.5 Å². The maximum absolute atomic E-state index is 12.3. The average molecular weight is 288 g/mol. The van der Waals surface area contributed by atoms with Crippen LogP contribution in [0.5, 0.6) is 0 Å². The van der Waals surface area contributed by atoms with Gasteiger partial charge in [0.05, 0.1) is 18.9 Å². The molecule has 0 heterocycles. The molecule has 2 amide bonds. The van der Waals surface area contributed by atoms with Crippen molar-refractivity contribution in [2.45, 2.75) is 0 Å². The van der Waals surface area contributed by atoms with Gasteiger partial charge < -0.3 is 20.1 Å². The Balaban J connectivity index is 2.16. The molecule has 2 rings (SSSR count). The summed E-state index contributed by atoms with van der Waals surface area (Å²) in [5.41, 5.74) is 0.762. The third-order valence-corrected chi connectivity index (χ3v) is 3.25. The number of anilines is 1. The van der Waals surface area contributed by atoms with Gasteiger partial charge in [0.1, 0.15) is 0 Å². The fourth-order valence-corrected chi connectivity index (χ4v) is 2.17. The highest BCUT2D eigenvalue weighted by atomic mass is 16.5. The lowest BCUT2D eigenvalue weighted by atomic mass is 10.1. The quantitative estimate of drug-likeness (QED) is 0.857. The van der Waals surface area contributed by atoms with Gasteiger partial charge >= 0.3 is 6.03 Å². The molecule has 112 valence electrons. The summed E-state index contributed by atoms with van der Waals surface area (Å²) < 4.78 is 4.99. The molecule has 0 unspecified atom stereocenters. The maximum Gasteiger partial charge on any atom is 0.322 e. The van der Waals surface area contributed by atoms with Gasteiger partial charge in [-0.25, -0.2) is 4.79 Å². The minimum atomic E-state index is -0.238. The smallest absolute Gasteiger partial charge is 0.322 e. The summed E-state index contributed by atoms with van der Waals surface area (Å²) in [7, 11) is 1.58. The molecule has 0 aromatic heterocycles. The van der Waals surface area contributed by atoms with E-state index in [9.17, 15) is 4.79 Å². The summed E-state index contributed by atoms with van der Waals surface area (Å²) >= 11 is 0. The van der Waals surface area contributed by atoms with Crippen LogP contribution in [-0.4, -0.2) is 49.5 Å². The summed E-state index contributed by atoms with van der Waals surface area (Å²) in [4.78, 5) is 13.8. The molecule has 0 aliphatic rings. The molecule has 0 spiro atoms. The zero-order valence-corrected chi connectivity index (χ0v) is 12.1. The van der Waals surface area contributed by atoms with Crippen molar-refractivity contribution < 1.29 is 14.6 Å². The number of urea groups is 1. The number of aliphatic hydroxyl groups excluding tert-OH is 1. The van der Waals surface area contributed by atoms with Crippen molar-refractivity contribution >= 4 is 22.5 Å². The van der Waals surface area contributed by atoms with Gasteiger partial charge in [-0.3, -0.25) is 0 Å². The van der Waals surface area contributed by atoms with E-state index in [1.54, 1.807) is 7.11 Å². The zero-order valence-electron chi connectivity index (χ0n) is 12.1. The molecular formula is C16H20N2O3. The first kappa shape index (κ1) is 15.3. The number of methoxy groups -OCH3 is 1. The second kappa shape index (κ2) is 7.61. The molecule has 0 aliphatic carbocycles. The summed E-state index contributed by atoms with van der Waals surface area (Å²) in [5, 5.41) is 14.0. The Kier molecular flexibility index (Phi) is 5.54. The Hall–Kier alpha value is -2.11. The first-order chi connectivity index (χ1) is 10.3. The largest absolute Gasteiger partial charge is 0.395 e. The minimum Gasteiger partial charge on any atom is -0.395 e. The molecule has 21 heavy (non-hydrogen) atoms. The van der Waals surface area contributed by atoms with Crippen molar-refractivity contribution in [2.75, 3.05) is 38.7 Å². The van der Waals surface area contributed by atoms with Crippen molar-refractivity contribution in [1.29, 1.82) is 0 Å². The molecule has 0 saturated carbocycles. The van der Waals surface area contributed by atoms with Gasteiger partial charge in [0.2, 0.25) is 0 Å². The number of fused-ring (bicyclic) bond motifs is 1. The van der Waals surface area contributed by atoms with E-state index in [4.69, 9.17) is 9.84 Å². The van der Waals surface area contributed by atoms with Crippen LogP contribution in [0.1, 0.15) is 0 Å². The maximum atomic E-state index is 12.3. The lowest BCUT2D eigenvalue weighted by Crippen LogP contribution is -2.39. The highest BCUT2D eigenvalue weighted by molar-refractivity contribution is 6.01. The number of aliphatic hydroxyl groups is 1. The van der Waals surface area contributed by atoms with E-state index in [0.29, 0.717) is 13.2 Å². The molecule has 0 aliphatic heterocycles. The third kappa shape index (κ3) is 3.93. The van der Waals surface area contributed by atoms with E-state index < -0.39 is 0 Å². The number of rotatable bonds is 6. The van der Waals surface area contributed by atoms with Crippen molar-refractivity contribution in [3.05, 3.63) is 42.5 Å². The topological polar surface area (TPSA) is 61.8 Å². The Labute approximate surface area is 124 Å². The molecule has 0 bridgehead atoms. The first-order valence-corrected chi connectivity index (χ1v) is 6.89. The minimum absolute atomic E-state index is 0.0767. The van der Waals surface area contributed by atoms with Crippen LogP contribution in [0.15, 0.2) is 42.5 Å². The van der Waals surface area contributed by atoms with Gasteiger partial charge in [-0.1, -0.05) is 36.4 Å². The first-order valence-electron chi connectivity index (χ1n) is 6.89. The molecule has 0 radical (unpaired) electrons. The lowest BCUT2D eigenvalue weighted by molar-refractivity contribution is 0.142. The predicted molar refractivity (Wildman–Crippen MR) is 83.5 cm³/mol. The summed E-state index contributed by atoms with van der Waals surface area (Å²) in [5.74, 6) is 0. The van der Waals surface area contributed by atoms with Crippen LogP contribution in [0, 0.1) is 0 Å². The summed E-state index contributed by atoms with van der Waals surface area (Å²) in [6.45, 7) is 1.07. The number of nitrogens with one attached hydrogen (secondary N) is 1. The number of ether oxygens (including phenoxy) is 1. The second-order valence-corrected chi connectivity index (χ2v) is 4.66. The van der Waals surface area contributed by atoms with Crippen molar-refractivity contribution in [3.8, 4) is 0 Å². The van der Waals surface area contributed by atoms with E-state index in [1.807, 2.05) is 42.5 Å². The Bertz CT molecular complexity index is 596. The van der Waals surface area contributed by atoms with E-state index in [2.05, 4.69) is 5.32 Å². The summed E-state index contributed by atoms with van der Waals surface area (Å²) in [6, 6.07) is 13.4. The van der Waals surface area contributed by atoms with E-state index in [1.165, 1.54) is 4.90 Å². The zero-order chi connectivity index (χ0) is 15.1. The van der Waals surface area contributed by atoms with Gasteiger partial charge in [-0.15, -0.1) is 0 Å². The molecule has 2 N–H and O–H groups in total. The highest BCUT2D eigenvalue weighted by Crippen LogP contribution is 2.23. The molecule has 5 heteroatoms. The number of benzene rings is 2. The Morgan fingerprint density at radius 3 is 2.71 bits per heavy atom. The lowest BCUT2D eigenvalue weighted by Gasteiger charge is -2.22. The molecule has 0 atom stereocenters. The number of hydrogen-bond acceptors (Lipinski definition) is 3. The van der Waals surface area contributed by atoms with Crippen LogP contribution in [0.2, 0.25) is 0 Å². The number of nitrogens with zero attached hydrogens (tertiary/aromatic N) is 1. The second-order valence-electron chi connectivity index (χ2n) is 4.66. The molecular weight excluding hydrogens is 268 g/mol. The van der Waals surface area contributed by atoms with Gasteiger partial charge in [0.25, 0.3) is 0 Å². The number of carbonyl (C=O) groups is 1. The fourth-order valence-electron chi connectivity index (χ4n) is 2.17. The SMILES string of the molecule is COCCN(CCO)C(=O)Nc1cccc2ccccc12. The van der Waals surface area contributed by atoms with Crippen LogP contribution in [-0.2, 0) is 4.74 Å². The summed E-state index contributed by atoms with van der Waals surface area (Å²) in [6.07, 6.45) is 0. The standard InChI is InChI=1S/C16H20N2O3/c1-21-12-10-18(9-11-19)16(20)17-15-8-4-6-13-5-2-3-7-14(13)15/h2-8,19H,9-12H2,1H3,(H,17,20). The van der Waals surface area contributed by atoms with Gasteiger partial charge in [-0.2, -0.15) is 0 Å². The fraction of sp³-hybridized carbons (Fsp3) is 0.312. The van der Waals surface area contributed by atoms with Gasteiger partial charge in [-0.05, 0) is 11.5 Å². The normalized spacial score (nSPS) is 10.6. The van der Waals surface area contributed by atoms with Crippen LogP contribution in [0.3, 0.4) is 0 Å². The van der Waals surface area contributed by atoms with Crippen LogP contribution < -0.4 is 5.32 Å². The van der Waals surface area contributed by atoms with Crippen molar-refractivity contribution in [2.24, 2.45) is 0 Å². The number of amides is 2. The number of carbonyl (C=O) groups excluding carboxylic acids is 1. The van der Waals surface area contributed by atoms with Gasteiger partial charge in [0.15, 0.2) is 0 Å². The van der Waals surface area contributed by atoms with Crippen LogP contribution >= 0.6 is 0 Å². The monoisotopic (exact) mass is 288 g/mol. The molecule has 5 nitrogen and oxygen atoms in total. The molecule has 0 saturated heterocycles. The third-order valence-electron chi connectivity index (χ3n) is 3.25. The highest BCUT2D eigenvalue weighted by Gasteiger charge is 2.13. The van der Waals surface area contributed by atoms with Crippen molar-refractivity contribution in [1.82, 2.24) is 4.90 Å². The Morgan fingerprint density at radius 1 is 1.19 bits per heavy atom. The Morgan fingerprint density at radius 2 is 1.95 bits per heavy atom.